The maximum Gasteiger partial charge on any atom is 0.331 e. The van der Waals surface area contributed by atoms with Crippen molar-refractivity contribution in [2.75, 3.05) is 0 Å². The van der Waals surface area contributed by atoms with Crippen LogP contribution in [0.2, 0.25) is 0 Å². The molecule has 3 aliphatic carbocycles. The first-order chi connectivity index (χ1) is 15.5. The van der Waals surface area contributed by atoms with Gasteiger partial charge in [0.2, 0.25) is 0 Å². The number of hydrogen-bond acceptors (Lipinski definition) is 5. The van der Waals surface area contributed by atoms with E-state index < -0.39 is 11.4 Å². The molecule has 0 amide bonds. The van der Waals surface area contributed by atoms with Crippen LogP contribution < -0.4 is 4.74 Å². The summed E-state index contributed by atoms with van der Waals surface area (Å²) in [6, 6.07) is 16.7. The lowest BCUT2D eigenvalue weighted by molar-refractivity contribution is -0.141. The van der Waals surface area contributed by atoms with Gasteiger partial charge in [-0.25, -0.2) is 4.79 Å². The van der Waals surface area contributed by atoms with Gasteiger partial charge in [0.15, 0.2) is 5.78 Å². The van der Waals surface area contributed by atoms with E-state index in [1.165, 1.54) is 18.1 Å². The number of ether oxygens (including phenoxy) is 1. The fourth-order valence-electron chi connectivity index (χ4n) is 6.20. The molecule has 2 saturated carbocycles. The van der Waals surface area contributed by atoms with Crippen LogP contribution in [0.3, 0.4) is 0 Å². The van der Waals surface area contributed by atoms with E-state index in [0.29, 0.717) is 30.6 Å². The lowest BCUT2D eigenvalue weighted by Crippen LogP contribution is -2.42. The standard InChI is InChI=1S/C27H29NO4/c1-17(29)32-28-25-15-24-23-10-8-19-14-20(31-16-18-6-4-3-5-7-18)9-11-21(19)22(23)12-13-27(24,2)26(25)30/h3-7,9,11,14,22-24H,8,10,12-13,15-16H2,1-2H3/b28-25+/t22-,23-,24+,27-/m1/s1. The third kappa shape index (κ3) is 3.64. The molecular formula is C27H29NO4. The van der Waals surface area contributed by atoms with Crippen LogP contribution in [0.1, 0.15) is 62.1 Å². The minimum atomic E-state index is -0.486. The molecule has 2 fully saturated rings. The Bertz CT molecular complexity index is 1080. The molecule has 4 atom stereocenters. The Kier molecular flexibility index (Phi) is 5.36. The van der Waals surface area contributed by atoms with E-state index >= 15 is 0 Å². The van der Waals surface area contributed by atoms with Crippen LogP contribution in [0.15, 0.2) is 53.7 Å². The lowest BCUT2D eigenvalue weighted by Gasteiger charge is -2.47. The fraction of sp³-hybridized carbons (Fsp3) is 0.444. The molecule has 2 aromatic rings. The molecule has 166 valence electrons. The van der Waals surface area contributed by atoms with E-state index in [1.54, 1.807) is 0 Å². The van der Waals surface area contributed by atoms with Crippen molar-refractivity contribution in [3.63, 3.8) is 0 Å². The molecular weight excluding hydrogens is 402 g/mol. The predicted molar refractivity (Wildman–Crippen MR) is 121 cm³/mol. The Labute approximate surface area is 188 Å². The summed E-state index contributed by atoms with van der Waals surface area (Å²) in [5.41, 5.74) is 3.99. The van der Waals surface area contributed by atoms with Gasteiger partial charge in [-0.3, -0.25) is 4.79 Å². The quantitative estimate of drug-likeness (QED) is 0.492. The molecule has 0 N–H and O–H groups in total. The van der Waals surface area contributed by atoms with Crippen molar-refractivity contribution in [3.05, 3.63) is 65.2 Å². The van der Waals surface area contributed by atoms with Crippen LogP contribution in [-0.2, 0) is 27.5 Å². The Morgan fingerprint density at radius 2 is 1.97 bits per heavy atom. The van der Waals surface area contributed by atoms with Gasteiger partial charge in [-0.2, -0.15) is 0 Å². The van der Waals surface area contributed by atoms with Crippen LogP contribution in [0.4, 0.5) is 0 Å². The Morgan fingerprint density at radius 1 is 1.16 bits per heavy atom. The number of hydrogen-bond donors (Lipinski definition) is 0. The van der Waals surface area contributed by atoms with Gasteiger partial charge in [0.1, 0.15) is 18.1 Å². The highest BCUT2D eigenvalue weighted by Gasteiger charge is 2.57. The number of Topliss-reactive ketones (excluding diaryl/α,β-unsaturated/α-hetero) is 1. The predicted octanol–water partition coefficient (Wildman–Crippen LogP) is 5.22. The Balaban J connectivity index is 1.34. The highest BCUT2D eigenvalue weighted by atomic mass is 16.7. The summed E-state index contributed by atoms with van der Waals surface area (Å²) in [5, 5.41) is 3.91. The highest BCUT2D eigenvalue weighted by molar-refractivity contribution is 6.43. The van der Waals surface area contributed by atoms with Crippen molar-refractivity contribution >= 4 is 17.5 Å². The van der Waals surface area contributed by atoms with Crippen molar-refractivity contribution in [3.8, 4) is 5.75 Å². The van der Waals surface area contributed by atoms with E-state index in [0.717, 1.165) is 37.0 Å². The van der Waals surface area contributed by atoms with Crippen LogP contribution in [0.25, 0.3) is 0 Å². The zero-order chi connectivity index (χ0) is 22.3. The topological polar surface area (TPSA) is 65.0 Å². The molecule has 32 heavy (non-hydrogen) atoms. The third-order valence-corrected chi connectivity index (χ3v) is 7.81. The summed E-state index contributed by atoms with van der Waals surface area (Å²) in [7, 11) is 0. The van der Waals surface area contributed by atoms with Gasteiger partial charge in [-0.15, -0.1) is 0 Å². The second-order valence-electron chi connectivity index (χ2n) is 9.66. The van der Waals surface area contributed by atoms with E-state index in [1.807, 2.05) is 18.2 Å². The van der Waals surface area contributed by atoms with Gasteiger partial charge in [0.25, 0.3) is 0 Å². The zero-order valence-electron chi connectivity index (χ0n) is 18.7. The fourth-order valence-corrected chi connectivity index (χ4v) is 6.20. The maximum absolute atomic E-state index is 13.1. The minimum Gasteiger partial charge on any atom is -0.489 e. The second kappa shape index (κ2) is 8.19. The number of ketones is 1. The van der Waals surface area contributed by atoms with Crippen molar-refractivity contribution in [2.45, 2.75) is 58.5 Å². The minimum absolute atomic E-state index is 0.0673. The molecule has 0 unspecified atom stereocenters. The molecule has 3 aliphatic rings. The number of fused-ring (bicyclic) bond motifs is 5. The first-order valence-corrected chi connectivity index (χ1v) is 11.5. The largest absolute Gasteiger partial charge is 0.489 e. The van der Waals surface area contributed by atoms with Gasteiger partial charge in [-0.05, 0) is 72.3 Å². The molecule has 0 bridgehead atoms. The molecule has 0 spiro atoms. The number of oxime groups is 1. The van der Waals surface area contributed by atoms with Gasteiger partial charge in [-0.1, -0.05) is 48.5 Å². The number of nitrogens with zero attached hydrogens (tertiary/aromatic N) is 1. The number of benzene rings is 2. The van der Waals surface area contributed by atoms with Gasteiger partial charge in [0, 0.05) is 18.8 Å². The normalized spacial score (nSPS) is 29.8. The number of carbonyl (C=O) groups excluding carboxylic acids is 2. The summed E-state index contributed by atoms with van der Waals surface area (Å²) in [5.74, 6) is 1.66. The maximum atomic E-state index is 13.1. The highest BCUT2D eigenvalue weighted by Crippen LogP contribution is 2.59. The van der Waals surface area contributed by atoms with Gasteiger partial charge < -0.3 is 9.57 Å². The third-order valence-electron chi connectivity index (χ3n) is 7.81. The molecule has 5 rings (SSSR count). The first kappa shape index (κ1) is 20.9. The van der Waals surface area contributed by atoms with Crippen molar-refractivity contribution in [1.29, 1.82) is 0 Å². The van der Waals surface area contributed by atoms with Crippen LogP contribution >= 0.6 is 0 Å². The average Bonchev–Trinajstić information content (AvgIpc) is 3.07. The molecule has 0 aliphatic heterocycles. The van der Waals surface area contributed by atoms with Crippen LogP contribution in [0.5, 0.6) is 5.75 Å². The van der Waals surface area contributed by atoms with E-state index in [4.69, 9.17) is 9.57 Å². The van der Waals surface area contributed by atoms with Gasteiger partial charge >= 0.3 is 5.97 Å². The smallest absolute Gasteiger partial charge is 0.331 e. The number of rotatable bonds is 4. The molecule has 0 radical (unpaired) electrons. The van der Waals surface area contributed by atoms with Crippen LogP contribution in [0, 0.1) is 17.3 Å². The molecule has 5 heteroatoms. The molecule has 0 saturated heterocycles. The Hall–Kier alpha value is -2.95. The lowest BCUT2D eigenvalue weighted by atomic mass is 9.55. The Morgan fingerprint density at radius 3 is 2.75 bits per heavy atom. The summed E-state index contributed by atoms with van der Waals surface area (Å²) in [6.45, 7) is 3.96. The van der Waals surface area contributed by atoms with Crippen molar-refractivity contribution < 1.29 is 19.2 Å². The van der Waals surface area contributed by atoms with Gasteiger partial charge in [0.05, 0.1) is 0 Å². The molecule has 0 aromatic heterocycles. The van der Waals surface area contributed by atoms with Crippen LogP contribution in [-0.4, -0.2) is 17.5 Å². The zero-order valence-corrected chi connectivity index (χ0v) is 18.7. The van der Waals surface area contributed by atoms with Crippen molar-refractivity contribution in [1.82, 2.24) is 0 Å². The first-order valence-electron chi connectivity index (χ1n) is 11.5. The average molecular weight is 432 g/mol. The number of carbonyl (C=O) groups is 2. The number of aryl methyl sites for hydroxylation is 1. The van der Waals surface area contributed by atoms with E-state index in [-0.39, 0.29) is 11.7 Å². The summed E-state index contributed by atoms with van der Waals surface area (Å²) < 4.78 is 6.05. The SMILES string of the molecule is CC(=O)O/N=C1\C[C@H]2[C@@H]3CCc4cc(OCc5ccccc5)ccc4[C@H]3CC[C@@]2(C)C1=O. The van der Waals surface area contributed by atoms with E-state index in [9.17, 15) is 9.59 Å². The molecule has 0 heterocycles. The second-order valence-corrected chi connectivity index (χ2v) is 9.66. The van der Waals surface area contributed by atoms with Crippen molar-refractivity contribution in [2.24, 2.45) is 22.4 Å². The summed E-state index contributed by atoms with van der Waals surface area (Å²) >= 11 is 0. The summed E-state index contributed by atoms with van der Waals surface area (Å²) in [4.78, 5) is 29.1. The monoisotopic (exact) mass is 431 g/mol. The molecule has 5 nitrogen and oxygen atoms in total. The summed E-state index contributed by atoms with van der Waals surface area (Å²) in [6.07, 6.45) is 4.52. The molecule has 2 aromatic carbocycles. The van der Waals surface area contributed by atoms with E-state index in [2.05, 4.69) is 42.4 Å².